The predicted octanol–water partition coefficient (Wildman–Crippen LogP) is 2.12. The highest BCUT2D eigenvalue weighted by molar-refractivity contribution is 6.03. The van der Waals surface area contributed by atoms with E-state index in [9.17, 15) is 27.9 Å². The van der Waals surface area contributed by atoms with E-state index >= 15 is 0 Å². The van der Waals surface area contributed by atoms with Crippen LogP contribution in [0.1, 0.15) is 24.2 Å². The number of halogens is 3. The first kappa shape index (κ1) is 17.0. The van der Waals surface area contributed by atoms with Gasteiger partial charge in [-0.25, -0.2) is 4.79 Å². The summed E-state index contributed by atoms with van der Waals surface area (Å²) in [7, 11) is 0. The Morgan fingerprint density at radius 1 is 1.29 bits per heavy atom. The maximum Gasteiger partial charge on any atom is 0.426 e. The molecule has 5 nitrogen and oxygen atoms in total. The van der Waals surface area contributed by atoms with E-state index in [-0.39, 0.29) is 17.9 Å². The number of hydrogen-bond donors (Lipinski definition) is 2. The molecule has 0 aliphatic rings. The van der Waals surface area contributed by atoms with Crippen molar-refractivity contribution in [2.24, 2.45) is 0 Å². The van der Waals surface area contributed by atoms with Gasteiger partial charge in [0.2, 0.25) is 5.60 Å². The fourth-order valence-corrected chi connectivity index (χ4v) is 1.35. The highest BCUT2D eigenvalue weighted by Crippen LogP contribution is 2.31. The summed E-state index contributed by atoms with van der Waals surface area (Å²) in [6, 6.07) is 5.40. The summed E-state index contributed by atoms with van der Waals surface area (Å²) in [5.41, 5.74) is -3.86. The van der Waals surface area contributed by atoms with Crippen LogP contribution in [0.3, 0.4) is 0 Å². The Hall–Kier alpha value is -2.09. The third-order valence-electron chi connectivity index (χ3n) is 2.66. The van der Waals surface area contributed by atoms with Gasteiger partial charge in [0.05, 0.1) is 17.9 Å². The molecule has 1 amide bonds. The molecule has 0 aliphatic heterocycles. The minimum absolute atomic E-state index is 0.0708. The summed E-state index contributed by atoms with van der Waals surface area (Å²) in [5.74, 6) is -2.48. The summed E-state index contributed by atoms with van der Waals surface area (Å²) in [6.07, 6.45) is -5.14. The monoisotopic (exact) mass is 305 g/mol. The molecule has 1 rings (SSSR count). The Morgan fingerprint density at radius 2 is 1.86 bits per heavy atom. The molecule has 116 valence electrons. The summed E-state index contributed by atoms with van der Waals surface area (Å²) in [4.78, 5) is 23.2. The van der Waals surface area contributed by atoms with Crippen molar-refractivity contribution in [3.63, 3.8) is 0 Å². The molecule has 0 aliphatic carbocycles. The number of benzene rings is 1. The number of ether oxygens (including phenoxy) is 1. The molecule has 0 bridgehead atoms. The van der Waals surface area contributed by atoms with Crippen molar-refractivity contribution >= 4 is 17.6 Å². The van der Waals surface area contributed by atoms with Crippen LogP contribution in [0.4, 0.5) is 18.9 Å². The quantitative estimate of drug-likeness (QED) is 0.835. The van der Waals surface area contributed by atoms with Crippen LogP contribution >= 0.6 is 0 Å². The lowest BCUT2D eigenvalue weighted by Gasteiger charge is -2.25. The lowest BCUT2D eigenvalue weighted by Crippen LogP contribution is -2.52. The number of aliphatic hydroxyl groups is 1. The number of alkyl halides is 3. The summed E-state index contributed by atoms with van der Waals surface area (Å²) in [5, 5.41) is 11.1. The third-order valence-corrected chi connectivity index (χ3v) is 2.66. The lowest BCUT2D eigenvalue weighted by atomic mass is 10.0. The van der Waals surface area contributed by atoms with E-state index in [0.29, 0.717) is 6.92 Å². The van der Waals surface area contributed by atoms with Crippen molar-refractivity contribution in [2.75, 3.05) is 11.9 Å². The van der Waals surface area contributed by atoms with E-state index in [0.717, 1.165) is 0 Å². The van der Waals surface area contributed by atoms with E-state index in [1.54, 1.807) is 6.92 Å². The number of esters is 1. The zero-order chi connectivity index (χ0) is 16.3. The molecule has 2 N–H and O–H groups in total. The van der Waals surface area contributed by atoms with Gasteiger partial charge in [-0.1, -0.05) is 12.1 Å². The van der Waals surface area contributed by atoms with Gasteiger partial charge in [0.1, 0.15) is 0 Å². The minimum Gasteiger partial charge on any atom is -0.462 e. The molecule has 0 spiro atoms. The molecule has 0 saturated carbocycles. The fraction of sp³-hybridized carbons (Fsp3) is 0.385. The Kier molecular flexibility index (Phi) is 4.95. The van der Waals surface area contributed by atoms with Crippen LogP contribution in [0, 0.1) is 0 Å². The van der Waals surface area contributed by atoms with Gasteiger partial charge in [-0.2, -0.15) is 13.2 Å². The van der Waals surface area contributed by atoms with E-state index in [4.69, 9.17) is 4.74 Å². The van der Waals surface area contributed by atoms with Crippen LogP contribution in [0.2, 0.25) is 0 Å². The molecule has 0 aromatic heterocycles. The maximum atomic E-state index is 12.6. The Labute approximate surface area is 118 Å². The molecule has 0 fully saturated rings. The van der Waals surface area contributed by atoms with Crippen molar-refractivity contribution in [2.45, 2.75) is 25.6 Å². The predicted molar refractivity (Wildman–Crippen MR) is 67.7 cm³/mol. The van der Waals surface area contributed by atoms with Crippen molar-refractivity contribution in [3.8, 4) is 0 Å². The van der Waals surface area contributed by atoms with E-state index < -0.39 is 23.7 Å². The molecule has 21 heavy (non-hydrogen) atoms. The number of amides is 1. The fourth-order valence-electron chi connectivity index (χ4n) is 1.35. The van der Waals surface area contributed by atoms with Crippen LogP contribution in [-0.4, -0.2) is 35.4 Å². The zero-order valence-corrected chi connectivity index (χ0v) is 11.3. The number of carbonyl (C=O) groups excluding carboxylic acids is 2. The van der Waals surface area contributed by atoms with Crippen LogP contribution in [0.25, 0.3) is 0 Å². The Balaban J connectivity index is 3.04. The topological polar surface area (TPSA) is 75.6 Å². The average Bonchev–Trinajstić information content (AvgIpc) is 2.38. The summed E-state index contributed by atoms with van der Waals surface area (Å²) >= 11 is 0. The summed E-state index contributed by atoms with van der Waals surface area (Å²) < 4.78 is 42.4. The minimum atomic E-state index is -5.14. The van der Waals surface area contributed by atoms with Gasteiger partial charge in [-0.05, 0) is 26.0 Å². The number of rotatable bonds is 4. The van der Waals surface area contributed by atoms with Gasteiger partial charge in [0.25, 0.3) is 5.91 Å². The van der Waals surface area contributed by atoms with E-state index in [1.165, 1.54) is 24.3 Å². The first-order valence-electron chi connectivity index (χ1n) is 5.98. The second-order valence-electron chi connectivity index (χ2n) is 4.29. The number of anilines is 1. The van der Waals surface area contributed by atoms with Crippen molar-refractivity contribution in [3.05, 3.63) is 29.8 Å². The zero-order valence-electron chi connectivity index (χ0n) is 11.3. The van der Waals surface area contributed by atoms with Crippen LogP contribution in [0.15, 0.2) is 24.3 Å². The number of para-hydroxylation sites is 1. The molecule has 1 atom stereocenters. The van der Waals surface area contributed by atoms with Gasteiger partial charge in [0, 0.05) is 0 Å². The molecule has 0 radical (unpaired) electrons. The largest absolute Gasteiger partial charge is 0.462 e. The van der Waals surface area contributed by atoms with Crippen LogP contribution in [0.5, 0.6) is 0 Å². The van der Waals surface area contributed by atoms with Gasteiger partial charge in [-0.3, -0.25) is 4.79 Å². The molecule has 0 saturated heterocycles. The molecular weight excluding hydrogens is 291 g/mol. The molecule has 8 heteroatoms. The molecule has 1 aromatic rings. The second-order valence-corrected chi connectivity index (χ2v) is 4.29. The second kappa shape index (κ2) is 6.13. The highest BCUT2D eigenvalue weighted by Gasteiger charge is 2.55. The standard InChI is InChI=1S/C13H14F3NO4/c1-3-21-10(18)8-6-4-5-7-9(8)17-11(19)12(2,20)13(14,15)16/h4-7,20H,3H2,1-2H3,(H,17,19)/t12-/m1/s1. The van der Waals surface area contributed by atoms with Gasteiger partial charge < -0.3 is 15.2 Å². The first-order valence-corrected chi connectivity index (χ1v) is 5.98. The molecule has 1 aromatic carbocycles. The highest BCUT2D eigenvalue weighted by atomic mass is 19.4. The lowest BCUT2D eigenvalue weighted by molar-refractivity contribution is -0.242. The first-order chi connectivity index (χ1) is 9.61. The molecule has 0 heterocycles. The summed E-state index contributed by atoms with van der Waals surface area (Å²) in [6.45, 7) is 1.96. The van der Waals surface area contributed by atoms with Crippen LogP contribution in [-0.2, 0) is 9.53 Å². The van der Waals surface area contributed by atoms with Crippen molar-refractivity contribution in [1.29, 1.82) is 0 Å². The van der Waals surface area contributed by atoms with E-state index in [1.807, 2.05) is 5.32 Å². The molecule has 0 unspecified atom stereocenters. The number of nitrogens with one attached hydrogen (secondary N) is 1. The average molecular weight is 305 g/mol. The Morgan fingerprint density at radius 3 is 2.38 bits per heavy atom. The number of hydrogen-bond acceptors (Lipinski definition) is 4. The normalized spacial score (nSPS) is 14.2. The van der Waals surface area contributed by atoms with Gasteiger partial charge in [0.15, 0.2) is 0 Å². The Bertz CT molecular complexity index is 540. The van der Waals surface area contributed by atoms with Crippen LogP contribution < -0.4 is 5.32 Å². The van der Waals surface area contributed by atoms with Gasteiger partial charge in [-0.15, -0.1) is 0 Å². The SMILES string of the molecule is CCOC(=O)c1ccccc1NC(=O)[C@@](C)(O)C(F)(F)F. The van der Waals surface area contributed by atoms with Crippen molar-refractivity contribution in [1.82, 2.24) is 0 Å². The maximum absolute atomic E-state index is 12.6. The van der Waals surface area contributed by atoms with Crippen molar-refractivity contribution < 1.29 is 32.6 Å². The van der Waals surface area contributed by atoms with E-state index in [2.05, 4.69) is 0 Å². The number of carbonyl (C=O) groups is 2. The third kappa shape index (κ3) is 3.72. The smallest absolute Gasteiger partial charge is 0.426 e. The van der Waals surface area contributed by atoms with Gasteiger partial charge >= 0.3 is 12.1 Å². The molecular formula is C13H14F3NO4.